The molecule has 1 aromatic rings. The third-order valence-corrected chi connectivity index (χ3v) is 5.94. The zero-order chi connectivity index (χ0) is 12.5. The maximum Gasteiger partial charge on any atom is 0.217 e. The lowest BCUT2D eigenvalue weighted by atomic mass is 10.2. The lowest BCUT2D eigenvalue weighted by molar-refractivity contribution is 0.384. The van der Waals surface area contributed by atoms with Gasteiger partial charge in [-0.2, -0.15) is 9.40 Å². The number of aromatic nitrogens is 2. The average molecular weight is 257 g/mol. The summed E-state index contributed by atoms with van der Waals surface area (Å²) in [6, 6.07) is 1.80. The van der Waals surface area contributed by atoms with Crippen LogP contribution in [-0.2, 0) is 10.0 Å². The molecule has 1 fully saturated rings. The van der Waals surface area contributed by atoms with Crippen LogP contribution in [-0.4, -0.2) is 34.7 Å². The average Bonchev–Trinajstić information content (AvgIpc) is 2.96. The minimum Gasteiger partial charge on any atom is -0.281 e. The first-order chi connectivity index (χ1) is 8.07. The Labute approximate surface area is 102 Å². The van der Waals surface area contributed by atoms with Crippen LogP contribution in [0.5, 0.6) is 0 Å². The molecule has 0 unspecified atom stereocenters. The van der Waals surface area contributed by atoms with Crippen LogP contribution in [0.2, 0.25) is 0 Å². The third-order valence-electron chi connectivity index (χ3n) is 3.50. The molecule has 0 spiro atoms. The number of rotatable bonds is 4. The van der Waals surface area contributed by atoms with Crippen molar-refractivity contribution in [3.8, 4) is 0 Å². The van der Waals surface area contributed by atoms with E-state index in [1.807, 2.05) is 13.0 Å². The standard InChI is InChI=1S/C11H19N3O2S/c1-3-9(2)17(15,16)14-8-4-5-11(14)10-6-7-12-13-10/h6-7,9,11H,3-5,8H2,1-2H3,(H,12,13)/t9-,11+/m1/s1. The summed E-state index contributed by atoms with van der Waals surface area (Å²) < 4.78 is 26.4. The number of hydrogen-bond donors (Lipinski definition) is 1. The Morgan fingerprint density at radius 3 is 3.00 bits per heavy atom. The summed E-state index contributed by atoms with van der Waals surface area (Å²) in [6.07, 6.45) is 4.10. The van der Waals surface area contributed by atoms with Gasteiger partial charge in [0.15, 0.2) is 0 Å². The van der Waals surface area contributed by atoms with Crippen molar-refractivity contribution in [1.82, 2.24) is 14.5 Å². The van der Waals surface area contributed by atoms with Gasteiger partial charge in [0, 0.05) is 12.7 Å². The van der Waals surface area contributed by atoms with Gasteiger partial charge in [-0.05, 0) is 32.3 Å². The van der Waals surface area contributed by atoms with Crippen LogP contribution >= 0.6 is 0 Å². The van der Waals surface area contributed by atoms with Gasteiger partial charge in [-0.3, -0.25) is 5.10 Å². The normalized spacial score (nSPS) is 24.0. The van der Waals surface area contributed by atoms with Crippen molar-refractivity contribution in [2.75, 3.05) is 6.54 Å². The Morgan fingerprint density at radius 1 is 1.65 bits per heavy atom. The Balaban J connectivity index is 2.26. The van der Waals surface area contributed by atoms with E-state index in [0.29, 0.717) is 13.0 Å². The molecule has 96 valence electrons. The van der Waals surface area contributed by atoms with Crippen LogP contribution in [0.15, 0.2) is 12.3 Å². The second-order valence-corrected chi connectivity index (χ2v) is 6.85. The van der Waals surface area contributed by atoms with E-state index in [2.05, 4.69) is 10.2 Å². The molecule has 1 aliphatic rings. The van der Waals surface area contributed by atoms with Crippen molar-refractivity contribution in [3.05, 3.63) is 18.0 Å². The Bertz CT molecular complexity index is 455. The van der Waals surface area contributed by atoms with E-state index in [1.165, 1.54) is 0 Å². The second kappa shape index (κ2) is 4.78. The predicted octanol–water partition coefficient (Wildman–Crippen LogP) is 1.67. The fourth-order valence-corrected chi connectivity index (χ4v) is 4.09. The van der Waals surface area contributed by atoms with Gasteiger partial charge in [-0.25, -0.2) is 8.42 Å². The van der Waals surface area contributed by atoms with Crippen molar-refractivity contribution in [2.24, 2.45) is 0 Å². The van der Waals surface area contributed by atoms with E-state index in [4.69, 9.17) is 0 Å². The Hall–Kier alpha value is -0.880. The van der Waals surface area contributed by atoms with Crippen LogP contribution < -0.4 is 0 Å². The molecule has 0 aromatic carbocycles. The van der Waals surface area contributed by atoms with Crippen LogP contribution in [0.4, 0.5) is 0 Å². The number of sulfonamides is 1. The summed E-state index contributed by atoms with van der Waals surface area (Å²) in [5.41, 5.74) is 0.898. The number of nitrogens with zero attached hydrogens (tertiary/aromatic N) is 2. The smallest absolute Gasteiger partial charge is 0.217 e. The SMILES string of the molecule is CC[C@@H](C)S(=O)(=O)N1CCC[C@H]1c1ccn[nH]1. The number of aromatic amines is 1. The third kappa shape index (κ3) is 2.24. The zero-order valence-electron chi connectivity index (χ0n) is 10.3. The summed E-state index contributed by atoms with van der Waals surface area (Å²) in [5.74, 6) is 0. The van der Waals surface area contributed by atoms with Gasteiger partial charge in [-0.15, -0.1) is 0 Å². The van der Waals surface area contributed by atoms with Gasteiger partial charge in [-0.1, -0.05) is 6.92 Å². The maximum absolute atomic E-state index is 12.4. The highest BCUT2D eigenvalue weighted by Crippen LogP contribution is 2.34. The molecule has 0 bridgehead atoms. The molecule has 1 aliphatic heterocycles. The van der Waals surface area contributed by atoms with Gasteiger partial charge < -0.3 is 0 Å². The molecule has 0 amide bonds. The van der Waals surface area contributed by atoms with Gasteiger partial charge in [0.2, 0.25) is 10.0 Å². The molecule has 1 aromatic heterocycles. The summed E-state index contributed by atoms with van der Waals surface area (Å²) in [5, 5.41) is 6.47. The summed E-state index contributed by atoms with van der Waals surface area (Å²) in [7, 11) is -3.18. The van der Waals surface area contributed by atoms with E-state index >= 15 is 0 Å². The predicted molar refractivity (Wildman–Crippen MR) is 65.9 cm³/mol. The molecular formula is C11H19N3O2S. The lowest BCUT2D eigenvalue weighted by Gasteiger charge is -2.26. The van der Waals surface area contributed by atoms with Crippen LogP contribution in [0.25, 0.3) is 0 Å². The molecule has 5 nitrogen and oxygen atoms in total. The molecule has 6 heteroatoms. The molecule has 17 heavy (non-hydrogen) atoms. The van der Waals surface area contributed by atoms with Crippen LogP contribution in [0.3, 0.4) is 0 Å². The monoisotopic (exact) mass is 257 g/mol. The van der Waals surface area contributed by atoms with Crippen molar-refractivity contribution < 1.29 is 8.42 Å². The summed E-state index contributed by atoms with van der Waals surface area (Å²) in [6.45, 7) is 4.30. The molecule has 0 aliphatic carbocycles. The van der Waals surface area contributed by atoms with Crippen LogP contribution in [0.1, 0.15) is 44.8 Å². The molecule has 1 saturated heterocycles. The zero-order valence-corrected chi connectivity index (χ0v) is 11.1. The highest BCUT2D eigenvalue weighted by molar-refractivity contribution is 7.89. The van der Waals surface area contributed by atoms with E-state index in [0.717, 1.165) is 18.5 Å². The molecule has 2 heterocycles. The van der Waals surface area contributed by atoms with E-state index in [-0.39, 0.29) is 11.3 Å². The van der Waals surface area contributed by atoms with Crippen molar-refractivity contribution in [2.45, 2.75) is 44.4 Å². The highest BCUT2D eigenvalue weighted by atomic mass is 32.2. The van der Waals surface area contributed by atoms with E-state index < -0.39 is 10.0 Å². The van der Waals surface area contributed by atoms with Gasteiger partial charge in [0.1, 0.15) is 0 Å². The minimum absolute atomic E-state index is 0.0588. The first-order valence-electron chi connectivity index (χ1n) is 6.07. The quantitative estimate of drug-likeness (QED) is 0.892. The van der Waals surface area contributed by atoms with Crippen molar-refractivity contribution in [3.63, 3.8) is 0 Å². The first kappa shape index (κ1) is 12.6. The Morgan fingerprint density at radius 2 is 2.41 bits per heavy atom. The molecule has 1 N–H and O–H groups in total. The fourth-order valence-electron chi connectivity index (χ4n) is 2.25. The van der Waals surface area contributed by atoms with Gasteiger partial charge >= 0.3 is 0 Å². The topological polar surface area (TPSA) is 66.1 Å². The van der Waals surface area contributed by atoms with Gasteiger partial charge in [0.05, 0.1) is 17.0 Å². The van der Waals surface area contributed by atoms with E-state index in [1.54, 1.807) is 17.4 Å². The number of nitrogens with one attached hydrogen (secondary N) is 1. The molecule has 2 atom stereocenters. The van der Waals surface area contributed by atoms with E-state index in [9.17, 15) is 8.42 Å². The summed E-state index contributed by atoms with van der Waals surface area (Å²) >= 11 is 0. The van der Waals surface area contributed by atoms with Crippen molar-refractivity contribution >= 4 is 10.0 Å². The summed E-state index contributed by atoms with van der Waals surface area (Å²) in [4.78, 5) is 0. The minimum atomic E-state index is -3.18. The maximum atomic E-state index is 12.4. The molecule has 2 rings (SSSR count). The molecule has 0 saturated carbocycles. The fraction of sp³-hybridized carbons (Fsp3) is 0.727. The van der Waals surface area contributed by atoms with Gasteiger partial charge in [0.25, 0.3) is 0 Å². The lowest BCUT2D eigenvalue weighted by Crippen LogP contribution is -2.37. The van der Waals surface area contributed by atoms with Crippen molar-refractivity contribution in [1.29, 1.82) is 0 Å². The largest absolute Gasteiger partial charge is 0.281 e. The number of H-pyrrole nitrogens is 1. The Kier molecular flexibility index (Phi) is 3.53. The number of hydrogen-bond acceptors (Lipinski definition) is 3. The van der Waals surface area contributed by atoms with Crippen LogP contribution in [0, 0.1) is 0 Å². The second-order valence-electron chi connectivity index (χ2n) is 4.54. The first-order valence-corrected chi connectivity index (χ1v) is 7.57. The molecular weight excluding hydrogens is 238 g/mol. The molecule has 0 radical (unpaired) electrons. The highest BCUT2D eigenvalue weighted by Gasteiger charge is 2.38.